The Labute approximate surface area is 271 Å². The summed E-state index contributed by atoms with van der Waals surface area (Å²) in [5.74, 6) is 0.834. The predicted octanol–water partition coefficient (Wildman–Crippen LogP) is 5.55. The summed E-state index contributed by atoms with van der Waals surface area (Å²) in [4.78, 5) is 34.2. The number of aliphatic hydroxyl groups excluding tert-OH is 1. The van der Waals surface area contributed by atoms with Gasteiger partial charge in [-0.3, -0.25) is 29.8 Å². The molecule has 0 radical (unpaired) electrons. The number of ether oxygens (including phenoxy) is 2. The number of aryl methyl sites for hydroxylation is 1. The molecule has 0 aliphatic carbocycles. The normalized spacial score (nSPS) is 12.4. The van der Waals surface area contributed by atoms with E-state index in [0.717, 1.165) is 38.6 Å². The minimum Gasteiger partial charge on any atom is -0.497 e. The molecule has 47 heavy (non-hydrogen) atoms. The van der Waals surface area contributed by atoms with Gasteiger partial charge in [0, 0.05) is 35.3 Å². The second-order valence-electron chi connectivity index (χ2n) is 10.9. The fourth-order valence-corrected chi connectivity index (χ4v) is 5.57. The smallest absolute Gasteiger partial charge is 0.280 e. The van der Waals surface area contributed by atoms with E-state index in [1.54, 1.807) is 43.6 Å². The first-order valence-corrected chi connectivity index (χ1v) is 14.6. The van der Waals surface area contributed by atoms with Crippen LogP contribution in [-0.2, 0) is 6.61 Å². The van der Waals surface area contributed by atoms with E-state index in [1.807, 2.05) is 49.4 Å². The highest BCUT2D eigenvalue weighted by molar-refractivity contribution is 6.03. The van der Waals surface area contributed by atoms with Crippen LogP contribution in [0.2, 0.25) is 0 Å². The lowest BCUT2D eigenvalue weighted by atomic mass is 10.1. The molecule has 8 rings (SSSR count). The molecule has 0 amide bonds. The van der Waals surface area contributed by atoms with E-state index < -0.39 is 7.04 Å². The number of fused-ring (bicyclic) bond motifs is 6. The SMILES string of the molecule is COc1cccc(-n2[nH]c3c(cnc4cc(C)ccc43)c2=O)c1.[2H]C([2H])([2H])Oc1cccc(-n2[nH]c3c(cnc4cc(CO)ccc43)c2=O)c1. The van der Waals surface area contributed by atoms with Gasteiger partial charge in [0.15, 0.2) is 0 Å². The van der Waals surface area contributed by atoms with Gasteiger partial charge in [-0.1, -0.05) is 36.4 Å². The van der Waals surface area contributed by atoms with Crippen LogP contribution in [0.3, 0.4) is 0 Å². The summed E-state index contributed by atoms with van der Waals surface area (Å²) in [5.41, 5.74) is 5.53. The van der Waals surface area contributed by atoms with Crippen LogP contribution in [0.4, 0.5) is 0 Å². The van der Waals surface area contributed by atoms with Gasteiger partial charge in [0.2, 0.25) is 0 Å². The standard InChI is InChI=1S/C18H15N3O3.C18H15N3O2/c1-24-13-4-2-3-12(8-13)21-18(23)15-9-19-16-7-11(10-22)5-6-14(16)17(15)20-21;1-11-6-7-14-16(8-11)19-10-15-17(14)20-21(18(15)22)12-4-3-5-13(9-12)23-2/h2-9,20,22H,10H2,1H3;3-10,20H,1-2H3/i1D3;. The Bertz CT molecular complexity index is 2670. The maximum absolute atomic E-state index is 12.8. The molecule has 0 atom stereocenters. The molecule has 3 N–H and O–H groups in total. The molecular weight excluding hydrogens is 596 g/mol. The van der Waals surface area contributed by atoms with Gasteiger partial charge in [-0.05, 0) is 54.4 Å². The van der Waals surface area contributed by atoms with E-state index in [2.05, 4.69) is 20.2 Å². The van der Waals surface area contributed by atoms with Crippen LogP contribution >= 0.6 is 0 Å². The first-order valence-electron chi connectivity index (χ1n) is 16.1. The highest BCUT2D eigenvalue weighted by atomic mass is 16.5. The number of aromatic amines is 2. The van der Waals surface area contributed by atoms with Crippen LogP contribution in [0.25, 0.3) is 55.0 Å². The number of aliphatic hydroxyl groups is 1. The van der Waals surface area contributed by atoms with E-state index >= 15 is 0 Å². The number of aromatic nitrogens is 6. The Morgan fingerprint density at radius 2 is 1.28 bits per heavy atom. The third kappa shape index (κ3) is 5.28. The van der Waals surface area contributed by atoms with E-state index in [4.69, 9.17) is 13.6 Å². The molecule has 0 bridgehead atoms. The maximum atomic E-state index is 12.8. The topological polar surface area (TPSA) is 140 Å². The monoisotopic (exact) mass is 629 g/mol. The first-order chi connectivity index (χ1) is 24.0. The van der Waals surface area contributed by atoms with Crippen LogP contribution in [-0.4, -0.2) is 48.8 Å². The number of nitrogens with zero attached hydrogens (tertiary/aromatic N) is 4. The van der Waals surface area contributed by atoms with Crippen molar-refractivity contribution in [3.05, 3.63) is 129 Å². The fourth-order valence-electron chi connectivity index (χ4n) is 5.57. The average molecular weight is 630 g/mol. The van der Waals surface area contributed by atoms with Crippen molar-refractivity contribution < 1.29 is 18.7 Å². The predicted molar refractivity (Wildman–Crippen MR) is 182 cm³/mol. The van der Waals surface area contributed by atoms with Gasteiger partial charge in [-0.15, -0.1) is 0 Å². The number of hydrogen-bond acceptors (Lipinski definition) is 7. The first kappa shape index (κ1) is 26.1. The molecule has 0 spiro atoms. The summed E-state index contributed by atoms with van der Waals surface area (Å²) in [6, 6.07) is 25.0. The quantitative estimate of drug-likeness (QED) is 0.227. The zero-order chi connectivity index (χ0) is 35.2. The third-order valence-electron chi connectivity index (χ3n) is 7.96. The molecule has 0 unspecified atom stereocenters. The molecule has 4 heterocycles. The Balaban J connectivity index is 0.000000159. The lowest BCUT2D eigenvalue weighted by molar-refractivity contribution is 0.282. The molecule has 4 aromatic carbocycles. The third-order valence-corrected chi connectivity index (χ3v) is 7.96. The Morgan fingerprint density at radius 1 is 0.723 bits per heavy atom. The summed E-state index contributed by atoms with van der Waals surface area (Å²) in [6.07, 6.45) is 3.11. The van der Waals surface area contributed by atoms with Crippen molar-refractivity contribution in [2.45, 2.75) is 13.5 Å². The van der Waals surface area contributed by atoms with Crippen molar-refractivity contribution >= 4 is 43.6 Å². The van der Waals surface area contributed by atoms with E-state index in [-0.39, 0.29) is 23.5 Å². The van der Waals surface area contributed by atoms with Crippen LogP contribution in [0.1, 0.15) is 15.2 Å². The number of pyridine rings is 2. The van der Waals surface area contributed by atoms with Gasteiger partial charge in [-0.2, -0.15) is 0 Å². The molecule has 4 aromatic heterocycles. The molecule has 0 aliphatic rings. The number of hydrogen-bond donors (Lipinski definition) is 3. The molecule has 0 aliphatic heterocycles. The van der Waals surface area contributed by atoms with E-state index in [1.165, 1.54) is 27.7 Å². The van der Waals surface area contributed by atoms with Crippen molar-refractivity contribution in [3.8, 4) is 22.9 Å². The highest BCUT2D eigenvalue weighted by Crippen LogP contribution is 2.24. The van der Waals surface area contributed by atoms with Gasteiger partial charge < -0.3 is 14.6 Å². The van der Waals surface area contributed by atoms with E-state index in [0.29, 0.717) is 33.2 Å². The summed E-state index contributed by atoms with van der Waals surface area (Å²) in [7, 11) is -0.971. The number of H-pyrrole nitrogens is 2. The lowest BCUT2D eigenvalue weighted by Gasteiger charge is -2.04. The maximum Gasteiger partial charge on any atom is 0.280 e. The molecule has 11 heteroatoms. The highest BCUT2D eigenvalue weighted by Gasteiger charge is 2.14. The second-order valence-corrected chi connectivity index (χ2v) is 10.9. The number of methoxy groups -OCH3 is 2. The van der Waals surface area contributed by atoms with Crippen LogP contribution in [0.15, 0.2) is 107 Å². The molecule has 0 saturated carbocycles. The summed E-state index contributed by atoms with van der Waals surface area (Å²) in [5, 5.41) is 18.2. The minimum absolute atomic E-state index is 0.0938. The van der Waals surface area contributed by atoms with Gasteiger partial charge >= 0.3 is 0 Å². The summed E-state index contributed by atoms with van der Waals surface area (Å²) in [6.45, 7) is 1.93. The molecule has 8 aromatic rings. The van der Waals surface area contributed by atoms with Gasteiger partial charge in [0.1, 0.15) is 11.5 Å². The van der Waals surface area contributed by atoms with Crippen LogP contribution in [0, 0.1) is 6.92 Å². The van der Waals surface area contributed by atoms with Gasteiger partial charge in [0.25, 0.3) is 11.1 Å². The Hall–Kier alpha value is -6.20. The van der Waals surface area contributed by atoms with Gasteiger partial charge in [0.05, 0.1) is 69.1 Å². The molecule has 0 fully saturated rings. The van der Waals surface area contributed by atoms with Crippen molar-refractivity contribution in [1.29, 1.82) is 0 Å². The second kappa shape index (κ2) is 12.0. The molecule has 234 valence electrons. The number of nitrogens with one attached hydrogen (secondary N) is 2. The van der Waals surface area contributed by atoms with Crippen molar-refractivity contribution in [1.82, 2.24) is 29.5 Å². The number of benzene rings is 4. The van der Waals surface area contributed by atoms with Gasteiger partial charge in [-0.25, -0.2) is 9.36 Å². The lowest BCUT2D eigenvalue weighted by Crippen LogP contribution is -2.14. The van der Waals surface area contributed by atoms with Crippen LogP contribution in [0.5, 0.6) is 11.5 Å². The molecule has 11 nitrogen and oxygen atoms in total. The zero-order valence-electron chi connectivity index (χ0n) is 28.3. The van der Waals surface area contributed by atoms with Crippen molar-refractivity contribution in [3.63, 3.8) is 0 Å². The van der Waals surface area contributed by atoms with Crippen molar-refractivity contribution in [2.24, 2.45) is 0 Å². The Kier molecular flexibility index (Phi) is 6.63. The number of rotatable bonds is 5. The Morgan fingerprint density at radius 3 is 1.83 bits per heavy atom. The average Bonchev–Trinajstić information content (AvgIpc) is 3.64. The largest absolute Gasteiger partial charge is 0.497 e. The molecular formula is C36H30N6O5. The van der Waals surface area contributed by atoms with E-state index in [9.17, 15) is 14.7 Å². The van der Waals surface area contributed by atoms with Crippen LogP contribution < -0.4 is 20.6 Å². The zero-order valence-corrected chi connectivity index (χ0v) is 25.3. The fraction of sp³-hybridized carbons (Fsp3) is 0.111. The summed E-state index contributed by atoms with van der Waals surface area (Å²) >= 11 is 0. The summed E-state index contributed by atoms with van der Waals surface area (Å²) < 4.78 is 34.6. The molecule has 0 saturated heterocycles. The van der Waals surface area contributed by atoms with Crippen molar-refractivity contribution in [2.75, 3.05) is 14.1 Å². The minimum atomic E-state index is -2.57.